The highest BCUT2D eigenvalue weighted by atomic mass is 19.1. The molecule has 0 saturated carbocycles. The number of hydrogen-bond acceptors (Lipinski definition) is 4. The smallest absolute Gasteiger partial charge is 0.191 e. The molecule has 1 fully saturated rings. The number of nitrogens with one attached hydrogen (secondary N) is 3. The van der Waals surface area contributed by atoms with Crippen LogP contribution in [-0.4, -0.2) is 47.3 Å². The van der Waals surface area contributed by atoms with Crippen LogP contribution < -0.4 is 15.5 Å². The summed E-state index contributed by atoms with van der Waals surface area (Å²) in [5.41, 5.74) is 4.19. The van der Waals surface area contributed by atoms with E-state index in [1.165, 1.54) is 12.4 Å². The van der Waals surface area contributed by atoms with E-state index in [9.17, 15) is 4.39 Å². The highest BCUT2D eigenvalue weighted by Crippen LogP contribution is 2.24. The van der Waals surface area contributed by atoms with E-state index in [-0.39, 0.29) is 11.9 Å². The van der Waals surface area contributed by atoms with Gasteiger partial charge in [0, 0.05) is 44.0 Å². The Bertz CT molecular complexity index is 1030. The van der Waals surface area contributed by atoms with E-state index in [1.54, 1.807) is 13.1 Å². The summed E-state index contributed by atoms with van der Waals surface area (Å²) in [6, 6.07) is 13.4. The van der Waals surface area contributed by atoms with Crippen molar-refractivity contribution in [3.8, 4) is 11.4 Å². The monoisotopic (exact) mass is 421 g/mol. The minimum Gasteiger partial charge on any atom is -0.369 e. The van der Waals surface area contributed by atoms with Crippen molar-refractivity contribution in [1.82, 2.24) is 25.8 Å². The maximum atomic E-state index is 13.5. The normalized spacial score (nSPS) is 16.9. The molecule has 31 heavy (non-hydrogen) atoms. The predicted octanol–water partition coefficient (Wildman–Crippen LogP) is 3.25. The summed E-state index contributed by atoms with van der Waals surface area (Å²) in [5, 5.41) is 13.8. The predicted molar refractivity (Wildman–Crippen MR) is 122 cm³/mol. The topological polar surface area (TPSA) is 81.2 Å². The van der Waals surface area contributed by atoms with Crippen LogP contribution in [0, 0.1) is 12.7 Å². The van der Waals surface area contributed by atoms with Gasteiger partial charge in [-0.15, -0.1) is 0 Å². The Morgan fingerprint density at radius 3 is 2.97 bits per heavy atom. The first-order valence-electron chi connectivity index (χ1n) is 10.6. The maximum Gasteiger partial charge on any atom is 0.191 e. The lowest BCUT2D eigenvalue weighted by atomic mass is 10.0. The van der Waals surface area contributed by atoms with E-state index in [4.69, 9.17) is 0 Å². The van der Waals surface area contributed by atoms with E-state index in [1.807, 2.05) is 25.1 Å². The maximum absolute atomic E-state index is 13.5. The number of piperidine rings is 1. The molecule has 1 aliphatic rings. The number of H-pyrrole nitrogens is 1. The van der Waals surface area contributed by atoms with Crippen molar-refractivity contribution in [3.63, 3.8) is 0 Å². The minimum absolute atomic E-state index is 0.190. The Labute approximate surface area is 181 Å². The van der Waals surface area contributed by atoms with Gasteiger partial charge in [0.25, 0.3) is 0 Å². The van der Waals surface area contributed by atoms with Gasteiger partial charge in [-0.2, -0.15) is 5.10 Å². The highest BCUT2D eigenvalue weighted by molar-refractivity contribution is 5.80. The van der Waals surface area contributed by atoms with Gasteiger partial charge < -0.3 is 15.5 Å². The van der Waals surface area contributed by atoms with Crippen LogP contribution in [0.4, 0.5) is 10.1 Å². The number of aromatic nitrogens is 3. The van der Waals surface area contributed by atoms with Crippen molar-refractivity contribution in [2.75, 3.05) is 25.0 Å². The molecule has 2 heterocycles. The number of anilines is 1. The second kappa shape index (κ2) is 9.59. The molecule has 3 aromatic rings. The average Bonchev–Trinajstić information content (AvgIpc) is 3.32. The zero-order valence-corrected chi connectivity index (χ0v) is 17.9. The first-order valence-corrected chi connectivity index (χ1v) is 10.6. The Morgan fingerprint density at radius 2 is 2.19 bits per heavy atom. The summed E-state index contributed by atoms with van der Waals surface area (Å²) in [6.07, 6.45) is 3.65. The minimum atomic E-state index is -0.190. The molecule has 0 radical (unpaired) electrons. The van der Waals surface area contributed by atoms with Gasteiger partial charge in [-0.25, -0.2) is 9.37 Å². The van der Waals surface area contributed by atoms with Crippen LogP contribution in [0.15, 0.2) is 53.8 Å². The van der Waals surface area contributed by atoms with E-state index in [2.05, 4.69) is 47.8 Å². The molecule has 1 aromatic heterocycles. The summed E-state index contributed by atoms with van der Waals surface area (Å²) in [7, 11) is 1.78. The standard InChI is InChI=1S/C23H28FN7/c1-16-11-19(24)8-9-21(16)31-10-4-7-20(14-31)29-23(25-2)26-13-17-5-3-6-18(12-17)22-27-15-28-30-22/h3,5-6,8-9,11-12,15,20H,4,7,10,13-14H2,1-2H3,(H2,25,26,29)(H,27,28,30). The van der Waals surface area contributed by atoms with Crippen molar-refractivity contribution in [2.45, 2.75) is 32.4 Å². The fourth-order valence-corrected chi connectivity index (χ4v) is 4.03. The van der Waals surface area contributed by atoms with Gasteiger partial charge in [0.2, 0.25) is 0 Å². The van der Waals surface area contributed by atoms with Gasteiger partial charge in [-0.3, -0.25) is 10.1 Å². The van der Waals surface area contributed by atoms with Crippen LogP contribution >= 0.6 is 0 Å². The molecule has 0 bridgehead atoms. The SMILES string of the molecule is CN=C(NCc1cccc(-c2ncn[nH]2)c1)NC1CCCN(c2ccc(F)cc2C)C1. The van der Waals surface area contributed by atoms with Gasteiger partial charge in [-0.1, -0.05) is 18.2 Å². The molecule has 1 atom stereocenters. The van der Waals surface area contributed by atoms with Gasteiger partial charge >= 0.3 is 0 Å². The van der Waals surface area contributed by atoms with Crippen molar-refractivity contribution < 1.29 is 4.39 Å². The summed E-state index contributed by atoms with van der Waals surface area (Å²) < 4.78 is 13.5. The van der Waals surface area contributed by atoms with Gasteiger partial charge in [0.05, 0.1) is 0 Å². The van der Waals surface area contributed by atoms with Crippen molar-refractivity contribution in [2.24, 2.45) is 4.99 Å². The number of aliphatic imine (C=N–C) groups is 1. The molecule has 162 valence electrons. The number of halogens is 1. The van der Waals surface area contributed by atoms with Crippen LogP contribution in [0.25, 0.3) is 11.4 Å². The summed E-state index contributed by atoms with van der Waals surface area (Å²) in [6.45, 7) is 4.44. The number of aromatic amines is 1. The second-order valence-corrected chi connectivity index (χ2v) is 7.82. The van der Waals surface area contributed by atoms with Crippen LogP contribution in [0.1, 0.15) is 24.0 Å². The zero-order valence-electron chi connectivity index (χ0n) is 17.9. The number of guanidine groups is 1. The molecule has 1 saturated heterocycles. The van der Waals surface area contributed by atoms with Gasteiger partial charge in [-0.05, 0) is 55.2 Å². The summed E-state index contributed by atoms with van der Waals surface area (Å²) in [5.74, 6) is 1.33. The molecular formula is C23H28FN7. The molecule has 4 rings (SSSR count). The molecule has 2 aromatic carbocycles. The Kier molecular flexibility index (Phi) is 6.45. The Balaban J connectivity index is 1.35. The average molecular weight is 422 g/mol. The van der Waals surface area contributed by atoms with Gasteiger partial charge in [0.1, 0.15) is 12.1 Å². The zero-order chi connectivity index (χ0) is 21.6. The molecule has 0 amide bonds. The Morgan fingerprint density at radius 1 is 1.29 bits per heavy atom. The fourth-order valence-electron chi connectivity index (χ4n) is 4.03. The molecule has 3 N–H and O–H groups in total. The van der Waals surface area contributed by atoms with E-state index in [0.29, 0.717) is 6.54 Å². The first kappa shape index (κ1) is 20.8. The van der Waals surface area contributed by atoms with Crippen molar-refractivity contribution in [1.29, 1.82) is 0 Å². The molecular weight excluding hydrogens is 393 g/mol. The number of benzene rings is 2. The van der Waals surface area contributed by atoms with E-state index in [0.717, 1.165) is 60.1 Å². The molecule has 7 nitrogen and oxygen atoms in total. The van der Waals surface area contributed by atoms with Gasteiger partial charge in [0.15, 0.2) is 11.8 Å². The third-order valence-electron chi connectivity index (χ3n) is 5.56. The van der Waals surface area contributed by atoms with E-state index >= 15 is 0 Å². The third kappa shape index (κ3) is 5.20. The number of hydrogen-bond donors (Lipinski definition) is 3. The molecule has 0 spiro atoms. The lowest BCUT2D eigenvalue weighted by molar-refractivity contribution is 0.467. The highest BCUT2D eigenvalue weighted by Gasteiger charge is 2.22. The number of rotatable bonds is 5. The first-order chi connectivity index (χ1) is 15.1. The Hall–Kier alpha value is -3.42. The van der Waals surface area contributed by atoms with Crippen LogP contribution in [0.5, 0.6) is 0 Å². The van der Waals surface area contributed by atoms with Crippen molar-refractivity contribution in [3.05, 3.63) is 65.7 Å². The van der Waals surface area contributed by atoms with Crippen LogP contribution in [0.2, 0.25) is 0 Å². The molecule has 1 aliphatic heterocycles. The lowest BCUT2D eigenvalue weighted by Crippen LogP contribution is -2.51. The quantitative estimate of drug-likeness (QED) is 0.435. The van der Waals surface area contributed by atoms with Crippen LogP contribution in [-0.2, 0) is 6.54 Å². The molecule has 8 heteroatoms. The molecule has 1 unspecified atom stereocenters. The lowest BCUT2D eigenvalue weighted by Gasteiger charge is -2.36. The summed E-state index contributed by atoms with van der Waals surface area (Å²) >= 11 is 0. The number of aryl methyl sites for hydroxylation is 1. The molecule has 0 aliphatic carbocycles. The largest absolute Gasteiger partial charge is 0.369 e. The second-order valence-electron chi connectivity index (χ2n) is 7.82. The van der Waals surface area contributed by atoms with Crippen molar-refractivity contribution >= 4 is 11.6 Å². The fraction of sp³-hybridized carbons (Fsp3) is 0.348. The summed E-state index contributed by atoms with van der Waals surface area (Å²) in [4.78, 5) is 10.9. The third-order valence-corrected chi connectivity index (χ3v) is 5.56. The van der Waals surface area contributed by atoms with E-state index < -0.39 is 0 Å². The van der Waals surface area contributed by atoms with Crippen LogP contribution in [0.3, 0.4) is 0 Å². The number of nitrogens with zero attached hydrogens (tertiary/aromatic N) is 4.